The van der Waals surface area contributed by atoms with Gasteiger partial charge in [0.2, 0.25) is 0 Å². The van der Waals surface area contributed by atoms with Gasteiger partial charge in [-0.05, 0) is 128 Å². The lowest BCUT2D eigenvalue weighted by atomic mass is 10.0. The summed E-state index contributed by atoms with van der Waals surface area (Å²) >= 11 is 0. The Morgan fingerprint density at radius 2 is 0.530 bits per heavy atom. The van der Waals surface area contributed by atoms with Crippen LogP contribution >= 0.6 is 15.6 Å². The zero-order chi connectivity index (χ0) is 73.2. The molecule has 0 bridgehead atoms. The Morgan fingerprint density at radius 3 is 0.860 bits per heavy atom. The van der Waals surface area contributed by atoms with Crippen molar-refractivity contribution in [1.82, 2.24) is 0 Å². The minimum Gasteiger partial charge on any atom is -0.462 e. The number of esters is 4. The van der Waals surface area contributed by atoms with E-state index >= 15 is 0 Å². The van der Waals surface area contributed by atoms with E-state index in [0.717, 1.165) is 154 Å². The lowest BCUT2D eigenvalue weighted by Gasteiger charge is -2.21. The van der Waals surface area contributed by atoms with Gasteiger partial charge in [-0.3, -0.25) is 37.3 Å². The quantitative estimate of drug-likeness (QED) is 0.0169. The number of carbonyl (C=O) groups is 4. The van der Waals surface area contributed by atoms with Crippen molar-refractivity contribution in [1.29, 1.82) is 0 Å². The van der Waals surface area contributed by atoms with Gasteiger partial charge in [-0.15, -0.1) is 0 Å². The molecule has 5 atom stereocenters. The van der Waals surface area contributed by atoms with Gasteiger partial charge in [-0.25, -0.2) is 9.13 Å². The van der Waals surface area contributed by atoms with Crippen molar-refractivity contribution in [3.05, 3.63) is 122 Å². The van der Waals surface area contributed by atoms with Crippen molar-refractivity contribution < 1.29 is 80.2 Å². The van der Waals surface area contributed by atoms with Crippen LogP contribution in [0.5, 0.6) is 0 Å². The van der Waals surface area contributed by atoms with Gasteiger partial charge in [-0.1, -0.05) is 278 Å². The van der Waals surface area contributed by atoms with Crippen molar-refractivity contribution in [2.75, 3.05) is 39.6 Å². The third-order valence-electron chi connectivity index (χ3n) is 15.9. The summed E-state index contributed by atoms with van der Waals surface area (Å²) in [6.45, 7) is 4.53. The second-order valence-electron chi connectivity index (χ2n) is 25.5. The number of phosphoric acid groups is 2. The highest BCUT2D eigenvalue weighted by Crippen LogP contribution is 2.45. The summed E-state index contributed by atoms with van der Waals surface area (Å²) in [5, 5.41) is 10.6. The number of aliphatic hydroxyl groups excluding tert-OH is 1. The van der Waals surface area contributed by atoms with Gasteiger partial charge >= 0.3 is 39.5 Å². The summed E-state index contributed by atoms with van der Waals surface area (Å²) in [4.78, 5) is 72.9. The monoisotopic (exact) mass is 1440 g/mol. The first-order chi connectivity index (χ1) is 48.7. The van der Waals surface area contributed by atoms with Crippen LogP contribution in [-0.4, -0.2) is 96.7 Å². The first kappa shape index (κ1) is 95.5. The molecular weight excluding hydrogens is 1310 g/mol. The standard InChI is InChI=1S/C81H138O17P2/c1-5-9-13-17-21-25-29-33-36-37-40-43-46-50-54-58-62-66-79(84)92-72-77(98-81(86)68-64-60-56-52-48-44-39-35-31-27-23-19-15-11-7-3)74-96-100(89,90)94-70-75(82)69-93-99(87,88)95-73-76(97-80(85)67-63-59-55-51-47-41-32-28-24-20-16-12-8-4)71-91-78(83)65-61-57-53-49-45-42-38-34-30-26-22-18-14-10-6-2/h9,11,13,15,21-23,25-27,33-36,38-40,43,50,54,75-77,82H,5-8,10,12,14,16-20,24,28-32,37,41-42,44-49,51-53,55-74H2,1-4H3,(H,87,88)(H,89,90)/b13-9-,15-11-,25-21-,26-22-,27-23-,36-33-,38-34-,39-35-,43-40-,54-50-. The van der Waals surface area contributed by atoms with E-state index in [1.807, 2.05) is 12.2 Å². The average molecular weight is 1450 g/mol. The molecule has 0 aliphatic carbocycles. The minimum absolute atomic E-state index is 0.0608. The van der Waals surface area contributed by atoms with Crippen LogP contribution in [0.1, 0.15) is 310 Å². The highest BCUT2D eigenvalue weighted by atomic mass is 31.2. The van der Waals surface area contributed by atoms with Gasteiger partial charge in [0, 0.05) is 25.7 Å². The Labute approximate surface area is 606 Å². The fourth-order valence-electron chi connectivity index (χ4n) is 10.1. The number of unbranched alkanes of at least 4 members (excludes halogenated alkanes) is 26. The summed E-state index contributed by atoms with van der Waals surface area (Å²) in [5.74, 6) is -2.27. The Morgan fingerprint density at radius 1 is 0.290 bits per heavy atom. The van der Waals surface area contributed by atoms with Crippen molar-refractivity contribution in [2.24, 2.45) is 0 Å². The molecule has 0 aromatic heterocycles. The molecule has 0 radical (unpaired) electrons. The summed E-state index contributed by atoms with van der Waals surface area (Å²) in [6.07, 6.45) is 79.0. The Kier molecular flexibility index (Phi) is 69.5. The van der Waals surface area contributed by atoms with Crippen molar-refractivity contribution >= 4 is 39.5 Å². The molecule has 0 amide bonds. The smallest absolute Gasteiger partial charge is 0.462 e. The van der Waals surface area contributed by atoms with Gasteiger partial charge in [0.1, 0.15) is 19.3 Å². The summed E-state index contributed by atoms with van der Waals surface area (Å²) in [7, 11) is -9.97. The molecule has 0 rings (SSSR count). The molecule has 0 saturated carbocycles. The van der Waals surface area contributed by atoms with E-state index in [9.17, 15) is 43.2 Å². The number of carbonyl (C=O) groups excluding carboxylic acids is 4. The average Bonchev–Trinajstić information content (AvgIpc) is 1.06. The molecule has 0 saturated heterocycles. The molecule has 19 heteroatoms. The molecule has 0 fully saturated rings. The largest absolute Gasteiger partial charge is 0.472 e. The number of ether oxygens (including phenoxy) is 4. The molecule has 0 spiro atoms. The highest BCUT2D eigenvalue weighted by Gasteiger charge is 2.30. The molecule has 0 aromatic rings. The lowest BCUT2D eigenvalue weighted by molar-refractivity contribution is -0.161. The number of aliphatic hydroxyl groups is 1. The highest BCUT2D eigenvalue weighted by molar-refractivity contribution is 7.47. The van der Waals surface area contributed by atoms with E-state index in [0.29, 0.717) is 32.1 Å². The van der Waals surface area contributed by atoms with Crippen LogP contribution in [0.15, 0.2) is 122 Å². The van der Waals surface area contributed by atoms with E-state index < -0.39 is 97.5 Å². The van der Waals surface area contributed by atoms with Gasteiger partial charge in [0.25, 0.3) is 0 Å². The second kappa shape index (κ2) is 72.8. The van der Waals surface area contributed by atoms with Crippen molar-refractivity contribution in [3.8, 4) is 0 Å². The molecule has 0 aliphatic heterocycles. The molecule has 3 N–H and O–H groups in total. The third-order valence-corrected chi connectivity index (χ3v) is 17.8. The van der Waals surface area contributed by atoms with E-state index in [2.05, 4.69) is 137 Å². The topological polar surface area (TPSA) is 237 Å². The molecule has 17 nitrogen and oxygen atoms in total. The third kappa shape index (κ3) is 71.8. The molecule has 5 unspecified atom stereocenters. The van der Waals surface area contributed by atoms with Crippen LogP contribution < -0.4 is 0 Å². The summed E-state index contributed by atoms with van der Waals surface area (Å²) < 4.78 is 68.4. The molecule has 0 heterocycles. The Bertz CT molecular complexity index is 2370. The Balaban J connectivity index is 5.42. The molecule has 0 aromatic carbocycles. The van der Waals surface area contributed by atoms with Crippen molar-refractivity contribution in [2.45, 2.75) is 329 Å². The molecule has 574 valence electrons. The lowest BCUT2D eigenvalue weighted by Crippen LogP contribution is -2.30. The number of hydrogen-bond donors (Lipinski definition) is 3. The fourth-order valence-corrected chi connectivity index (χ4v) is 11.6. The first-order valence-electron chi connectivity index (χ1n) is 38.8. The molecule has 0 aliphatic rings. The second-order valence-corrected chi connectivity index (χ2v) is 28.4. The van der Waals surface area contributed by atoms with Crippen LogP contribution in [0.3, 0.4) is 0 Å². The molecule has 100 heavy (non-hydrogen) atoms. The fraction of sp³-hybridized carbons (Fsp3) is 0.704. The maximum Gasteiger partial charge on any atom is 0.472 e. The van der Waals surface area contributed by atoms with Crippen molar-refractivity contribution in [3.63, 3.8) is 0 Å². The summed E-state index contributed by atoms with van der Waals surface area (Å²) in [5.41, 5.74) is 0. The number of rotatable bonds is 72. The normalized spacial score (nSPS) is 14.6. The van der Waals surface area contributed by atoms with Crippen LogP contribution in [0.4, 0.5) is 0 Å². The Hall–Kier alpha value is -4.54. The maximum atomic E-state index is 13.1. The van der Waals surface area contributed by atoms with Gasteiger partial charge in [0.05, 0.1) is 26.4 Å². The van der Waals surface area contributed by atoms with E-state index in [1.165, 1.54) is 70.6 Å². The van der Waals surface area contributed by atoms with Crippen LogP contribution in [0.2, 0.25) is 0 Å². The van der Waals surface area contributed by atoms with Gasteiger partial charge in [0.15, 0.2) is 12.2 Å². The SMILES string of the molecule is CC/C=C\C/C=C\C/C=C\C/C=C\C/C=C\CCCC(=O)OCC(COP(=O)(O)OCC(O)COP(=O)(O)OCC(COC(=O)CCCCCCC/C=C\C/C=C\CCCCC)OC(=O)CCCCCCCCCCCCCCC)OC(=O)CCCCCCC/C=C\C/C=C\C/C=C\CC. The van der Waals surface area contributed by atoms with Gasteiger partial charge < -0.3 is 33.8 Å². The van der Waals surface area contributed by atoms with E-state index in [4.69, 9.17) is 37.0 Å². The predicted molar refractivity (Wildman–Crippen MR) is 408 cm³/mol. The van der Waals surface area contributed by atoms with Crippen LogP contribution in [0, 0.1) is 0 Å². The van der Waals surface area contributed by atoms with Gasteiger partial charge in [-0.2, -0.15) is 0 Å². The number of phosphoric ester groups is 2. The maximum absolute atomic E-state index is 13.1. The number of allylic oxidation sites excluding steroid dienone is 20. The zero-order valence-corrected chi connectivity index (χ0v) is 64.4. The first-order valence-corrected chi connectivity index (χ1v) is 41.8. The van der Waals surface area contributed by atoms with E-state index in [-0.39, 0.29) is 25.7 Å². The summed E-state index contributed by atoms with van der Waals surface area (Å²) in [6, 6.07) is 0. The minimum atomic E-state index is -4.99. The number of hydrogen-bond acceptors (Lipinski definition) is 15. The zero-order valence-electron chi connectivity index (χ0n) is 62.6. The van der Waals surface area contributed by atoms with Crippen LogP contribution in [0.25, 0.3) is 0 Å². The predicted octanol–water partition coefficient (Wildman–Crippen LogP) is 22.3. The molecular formula is C81H138O17P2. The van der Waals surface area contributed by atoms with Crippen LogP contribution in [-0.2, 0) is 65.4 Å². The van der Waals surface area contributed by atoms with E-state index in [1.54, 1.807) is 0 Å².